The molecule has 0 atom stereocenters. The zero-order valence-electron chi connectivity index (χ0n) is 10.8. The van der Waals surface area contributed by atoms with E-state index in [1.165, 1.54) is 0 Å². The Morgan fingerprint density at radius 1 is 1.47 bits per heavy atom. The Kier molecular flexibility index (Phi) is 4.22. The molecule has 0 unspecified atom stereocenters. The van der Waals surface area contributed by atoms with Crippen LogP contribution in [0.4, 0.5) is 0 Å². The van der Waals surface area contributed by atoms with E-state index in [9.17, 15) is 4.79 Å². The van der Waals surface area contributed by atoms with E-state index in [0.717, 1.165) is 12.0 Å². The summed E-state index contributed by atoms with van der Waals surface area (Å²) < 4.78 is 5.63. The molecule has 19 heavy (non-hydrogen) atoms. The number of rotatable bonds is 4. The van der Waals surface area contributed by atoms with Crippen molar-refractivity contribution in [3.8, 4) is 5.75 Å². The second-order valence-corrected chi connectivity index (χ2v) is 4.58. The average Bonchev–Trinajstić information content (AvgIpc) is 2.70. The van der Waals surface area contributed by atoms with E-state index in [1.54, 1.807) is 31.2 Å². The average molecular weight is 280 g/mol. The van der Waals surface area contributed by atoms with Crippen molar-refractivity contribution in [3.05, 3.63) is 34.4 Å². The second-order valence-electron chi connectivity index (χ2n) is 4.14. The van der Waals surface area contributed by atoms with Crippen molar-refractivity contribution in [3.63, 3.8) is 0 Å². The summed E-state index contributed by atoms with van der Waals surface area (Å²) >= 11 is 5.98. The lowest BCUT2D eigenvalue weighted by Crippen LogP contribution is -2.03. The van der Waals surface area contributed by atoms with Crippen molar-refractivity contribution in [1.82, 2.24) is 0 Å². The molecular weight excluding hydrogens is 266 g/mol. The van der Waals surface area contributed by atoms with E-state index < -0.39 is 5.97 Å². The lowest BCUT2D eigenvalue weighted by Gasteiger charge is -2.09. The molecule has 1 aromatic carbocycles. The normalized spacial score (nSPS) is 16.5. The van der Waals surface area contributed by atoms with Crippen molar-refractivity contribution in [2.45, 2.75) is 20.3 Å². The summed E-state index contributed by atoms with van der Waals surface area (Å²) in [4.78, 5) is 16.1. The van der Waals surface area contributed by atoms with Gasteiger partial charge < -0.3 is 9.57 Å². The van der Waals surface area contributed by atoms with Gasteiger partial charge in [0.15, 0.2) is 0 Å². The number of hydrogen-bond donors (Lipinski definition) is 0. The quantitative estimate of drug-likeness (QED) is 0.626. The first-order valence-electron chi connectivity index (χ1n) is 6.02. The molecule has 0 spiro atoms. The molecule has 0 N–H and O–H groups in total. The van der Waals surface area contributed by atoms with Crippen LogP contribution >= 0.6 is 11.6 Å². The molecule has 2 rings (SSSR count). The number of carbonyl (C=O) groups is 1. The zero-order valence-corrected chi connectivity index (χ0v) is 11.5. The molecule has 0 saturated heterocycles. The standard InChI is InChI=1S/C14H14ClNO3/c1-3-6-18-13-5-4-11(15)7-10(13)8-12-9(2)16-19-14(12)17/h4-5,7-8H,3,6H2,1-2H3. The molecule has 1 aliphatic rings. The van der Waals surface area contributed by atoms with Crippen LogP contribution < -0.4 is 4.74 Å². The van der Waals surface area contributed by atoms with Gasteiger partial charge in [0.1, 0.15) is 5.75 Å². The van der Waals surface area contributed by atoms with Crippen LogP contribution in [0, 0.1) is 0 Å². The van der Waals surface area contributed by atoms with Crippen LogP contribution in [0.25, 0.3) is 6.08 Å². The van der Waals surface area contributed by atoms with Gasteiger partial charge in [-0.05, 0) is 37.6 Å². The molecule has 0 fully saturated rings. The molecule has 4 nitrogen and oxygen atoms in total. The Labute approximate surface area is 116 Å². The molecule has 0 radical (unpaired) electrons. The maximum absolute atomic E-state index is 11.5. The SMILES string of the molecule is CCCOc1ccc(Cl)cc1C=C1C(=O)ON=C1C. The lowest BCUT2D eigenvalue weighted by molar-refractivity contribution is -0.136. The highest BCUT2D eigenvalue weighted by Crippen LogP contribution is 2.27. The largest absolute Gasteiger partial charge is 0.493 e. The number of oxime groups is 1. The third kappa shape index (κ3) is 3.15. The zero-order chi connectivity index (χ0) is 13.8. The molecule has 0 amide bonds. The predicted molar refractivity (Wildman–Crippen MR) is 74.4 cm³/mol. The molecule has 0 saturated carbocycles. The topological polar surface area (TPSA) is 47.9 Å². The Morgan fingerprint density at radius 3 is 2.89 bits per heavy atom. The Bertz CT molecular complexity index is 564. The molecule has 0 aliphatic carbocycles. The molecule has 0 bridgehead atoms. The smallest absolute Gasteiger partial charge is 0.367 e. The fourth-order valence-electron chi connectivity index (χ4n) is 1.65. The number of ether oxygens (including phenoxy) is 1. The summed E-state index contributed by atoms with van der Waals surface area (Å²) in [5.74, 6) is 0.227. The maximum atomic E-state index is 11.5. The van der Waals surface area contributed by atoms with Crippen LogP contribution in [0.1, 0.15) is 25.8 Å². The Morgan fingerprint density at radius 2 is 2.26 bits per heavy atom. The van der Waals surface area contributed by atoms with E-state index in [-0.39, 0.29) is 0 Å². The van der Waals surface area contributed by atoms with Crippen molar-refractivity contribution >= 4 is 29.4 Å². The minimum absolute atomic E-state index is 0.420. The number of nitrogens with zero attached hydrogens (tertiary/aromatic N) is 1. The first-order valence-corrected chi connectivity index (χ1v) is 6.40. The van der Waals surface area contributed by atoms with Gasteiger partial charge in [-0.15, -0.1) is 0 Å². The third-order valence-electron chi connectivity index (χ3n) is 2.61. The van der Waals surface area contributed by atoms with Crippen LogP contribution in [-0.4, -0.2) is 18.3 Å². The van der Waals surface area contributed by atoms with Gasteiger partial charge in [-0.25, -0.2) is 4.79 Å². The van der Waals surface area contributed by atoms with Crippen LogP contribution in [-0.2, 0) is 9.63 Å². The van der Waals surface area contributed by atoms with Gasteiger partial charge in [0.25, 0.3) is 0 Å². The number of halogens is 1. The van der Waals surface area contributed by atoms with Crippen LogP contribution in [0.15, 0.2) is 28.9 Å². The molecule has 0 aromatic heterocycles. The van der Waals surface area contributed by atoms with Gasteiger partial charge in [-0.3, -0.25) is 0 Å². The van der Waals surface area contributed by atoms with Crippen molar-refractivity contribution in [2.75, 3.05) is 6.61 Å². The van der Waals surface area contributed by atoms with Gasteiger partial charge in [0, 0.05) is 10.6 Å². The fourth-order valence-corrected chi connectivity index (χ4v) is 1.83. The van der Waals surface area contributed by atoms with Crippen molar-refractivity contribution < 1.29 is 14.4 Å². The van der Waals surface area contributed by atoms with E-state index in [1.807, 2.05) is 6.92 Å². The highest BCUT2D eigenvalue weighted by atomic mass is 35.5. The summed E-state index contributed by atoms with van der Waals surface area (Å²) in [6.45, 7) is 4.35. The Hall–Kier alpha value is -1.81. The number of carbonyl (C=O) groups excluding carboxylic acids is 1. The van der Waals surface area contributed by atoms with Gasteiger partial charge in [0.2, 0.25) is 0 Å². The molecule has 1 aromatic rings. The number of benzene rings is 1. The monoisotopic (exact) mass is 279 g/mol. The minimum Gasteiger partial charge on any atom is -0.493 e. The fraction of sp³-hybridized carbons (Fsp3) is 0.286. The summed E-state index contributed by atoms with van der Waals surface area (Å²) in [5.41, 5.74) is 1.71. The van der Waals surface area contributed by atoms with Gasteiger partial charge in [-0.1, -0.05) is 23.7 Å². The summed E-state index contributed by atoms with van der Waals surface area (Å²) in [6, 6.07) is 5.29. The first kappa shape index (κ1) is 13.6. The van der Waals surface area contributed by atoms with E-state index >= 15 is 0 Å². The van der Waals surface area contributed by atoms with Crippen molar-refractivity contribution in [1.29, 1.82) is 0 Å². The van der Waals surface area contributed by atoms with Gasteiger partial charge in [0.05, 0.1) is 17.9 Å². The lowest BCUT2D eigenvalue weighted by atomic mass is 10.1. The summed E-state index contributed by atoms with van der Waals surface area (Å²) in [6.07, 6.45) is 2.59. The predicted octanol–water partition coefficient (Wildman–Crippen LogP) is 3.44. The molecular formula is C14H14ClNO3. The highest BCUT2D eigenvalue weighted by molar-refractivity contribution is 6.31. The molecule has 100 valence electrons. The van der Waals surface area contributed by atoms with E-state index in [4.69, 9.17) is 16.3 Å². The maximum Gasteiger partial charge on any atom is 0.367 e. The van der Waals surface area contributed by atoms with E-state index in [2.05, 4.69) is 9.99 Å². The molecule has 1 heterocycles. The minimum atomic E-state index is -0.459. The van der Waals surface area contributed by atoms with Crippen LogP contribution in [0.5, 0.6) is 5.75 Å². The Balaban J connectivity index is 2.38. The van der Waals surface area contributed by atoms with E-state index in [0.29, 0.717) is 28.7 Å². The highest BCUT2D eigenvalue weighted by Gasteiger charge is 2.22. The second kappa shape index (κ2) is 5.89. The van der Waals surface area contributed by atoms with Crippen LogP contribution in [0.2, 0.25) is 5.02 Å². The molecule has 1 aliphatic heterocycles. The summed E-state index contributed by atoms with van der Waals surface area (Å²) in [5, 5.41) is 4.21. The number of hydrogen-bond acceptors (Lipinski definition) is 4. The molecule has 5 heteroatoms. The van der Waals surface area contributed by atoms with Gasteiger partial charge in [-0.2, -0.15) is 0 Å². The summed E-state index contributed by atoms with van der Waals surface area (Å²) in [7, 11) is 0. The van der Waals surface area contributed by atoms with Crippen LogP contribution in [0.3, 0.4) is 0 Å². The van der Waals surface area contributed by atoms with Gasteiger partial charge >= 0.3 is 5.97 Å². The first-order chi connectivity index (χ1) is 9.11. The third-order valence-corrected chi connectivity index (χ3v) is 2.84. The van der Waals surface area contributed by atoms with Crippen molar-refractivity contribution in [2.24, 2.45) is 5.16 Å².